The molecule has 1 saturated heterocycles. The Bertz CT molecular complexity index is 692. The van der Waals surface area contributed by atoms with Gasteiger partial charge in [0.05, 0.1) is 6.10 Å². The minimum atomic E-state index is 0.0942. The number of anilines is 2. The molecule has 2 aromatic rings. The summed E-state index contributed by atoms with van der Waals surface area (Å²) >= 11 is 0. The topological polar surface area (TPSA) is 41.6 Å². The lowest BCUT2D eigenvalue weighted by molar-refractivity contribution is -0.116. The summed E-state index contributed by atoms with van der Waals surface area (Å²) in [6.07, 6.45) is 6.07. The van der Waals surface area contributed by atoms with Crippen LogP contribution >= 0.6 is 0 Å². The van der Waals surface area contributed by atoms with Gasteiger partial charge in [-0.2, -0.15) is 0 Å². The van der Waals surface area contributed by atoms with Crippen molar-refractivity contribution >= 4 is 17.3 Å². The van der Waals surface area contributed by atoms with Crippen LogP contribution in [0.1, 0.15) is 37.7 Å². The molecule has 0 bridgehead atoms. The van der Waals surface area contributed by atoms with E-state index < -0.39 is 0 Å². The molecule has 27 heavy (non-hydrogen) atoms. The first-order chi connectivity index (χ1) is 13.2. The fourth-order valence-corrected chi connectivity index (χ4v) is 3.59. The maximum absolute atomic E-state index is 12.1. The van der Waals surface area contributed by atoms with E-state index >= 15 is 0 Å². The van der Waals surface area contributed by atoms with Crippen molar-refractivity contribution in [3.63, 3.8) is 0 Å². The lowest BCUT2D eigenvalue weighted by Crippen LogP contribution is -2.36. The number of ether oxygens (including phenoxy) is 1. The van der Waals surface area contributed by atoms with E-state index in [0.717, 1.165) is 50.9 Å². The van der Waals surface area contributed by atoms with Gasteiger partial charge in [0.25, 0.3) is 0 Å². The normalized spacial score (nSPS) is 14.9. The number of amides is 1. The Kier molecular flexibility index (Phi) is 7.28. The predicted octanol–water partition coefficient (Wildman–Crippen LogP) is 4.65. The molecule has 0 aliphatic carbocycles. The van der Waals surface area contributed by atoms with E-state index in [1.54, 1.807) is 7.11 Å². The third kappa shape index (κ3) is 6.10. The highest BCUT2D eigenvalue weighted by molar-refractivity contribution is 5.90. The Morgan fingerprint density at radius 2 is 1.74 bits per heavy atom. The van der Waals surface area contributed by atoms with Crippen LogP contribution in [0.5, 0.6) is 0 Å². The summed E-state index contributed by atoms with van der Waals surface area (Å²) in [7, 11) is 1.79. The summed E-state index contributed by atoms with van der Waals surface area (Å²) < 4.78 is 5.43. The van der Waals surface area contributed by atoms with E-state index in [1.807, 2.05) is 18.2 Å². The van der Waals surface area contributed by atoms with Crippen molar-refractivity contribution in [2.45, 2.75) is 44.6 Å². The van der Waals surface area contributed by atoms with Crippen LogP contribution < -0.4 is 10.2 Å². The smallest absolute Gasteiger partial charge is 0.224 e. The van der Waals surface area contributed by atoms with Gasteiger partial charge in [0.2, 0.25) is 5.91 Å². The zero-order valence-electron chi connectivity index (χ0n) is 16.2. The Morgan fingerprint density at radius 3 is 2.41 bits per heavy atom. The van der Waals surface area contributed by atoms with Crippen LogP contribution in [-0.4, -0.2) is 32.2 Å². The molecule has 0 unspecified atom stereocenters. The molecule has 4 nitrogen and oxygen atoms in total. The second-order valence-corrected chi connectivity index (χ2v) is 7.21. The summed E-state index contributed by atoms with van der Waals surface area (Å²) in [4.78, 5) is 14.5. The third-order valence-electron chi connectivity index (χ3n) is 5.25. The molecule has 1 fully saturated rings. The van der Waals surface area contributed by atoms with Crippen molar-refractivity contribution in [1.82, 2.24) is 0 Å². The van der Waals surface area contributed by atoms with Crippen LogP contribution in [0.3, 0.4) is 0 Å². The second-order valence-electron chi connectivity index (χ2n) is 7.21. The number of methoxy groups -OCH3 is 1. The molecule has 1 aliphatic rings. The highest BCUT2D eigenvalue weighted by atomic mass is 16.5. The monoisotopic (exact) mass is 366 g/mol. The molecular weight excluding hydrogens is 336 g/mol. The first-order valence-electron chi connectivity index (χ1n) is 9.96. The molecule has 0 aromatic heterocycles. The number of hydrogen-bond acceptors (Lipinski definition) is 3. The molecule has 0 saturated carbocycles. The fraction of sp³-hybridized carbons (Fsp3) is 0.435. The summed E-state index contributed by atoms with van der Waals surface area (Å²) in [5.74, 6) is 0.0942. The lowest BCUT2D eigenvalue weighted by Gasteiger charge is -2.33. The lowest BCUT2D eigenvalue weighted by atomic mass is 10.1. The van der Waals surface area contributed by atoms with Crippen LogP contribution in [0.4, 0.5) is 11.4 Å². The van der Waals surface area contributed by atoms with Gasteiger partial charge in [-0.1, -0.05) is 30.3 Å². The molecule has 0 radical (unpaired) electrons. The number of piperidine rings is 1. The van der Waals surface area contributed by atoms with Crippen molar-refractivity contribution in [2.75, 3.05) is 30.4 Å². The van der Waals surface area contributed by atoms with Gasteiger partial charge in [0.15, 0.2) is 0 Å². The molecule has 1 heterocycles. The number of carbonyl (C=O) groups is 1. The standard InChI is InChI=1S/C23H30N2O2/c1-27-22-15-17-25(18-16-22)21-13-11-20(12-14-21)24-23(26)10-6-5-9-19-7-3-2-4-8-19/h2-4,7-8,11-14,22H,5-6,9-10,15-18H2,1H3,(H,24,26). The van der Waals surface area contributed by atoms with E-state index in [9.17, 15) is 4.79 Å². The SMILES string of the molecule is COC1CCN(c2ccc(NC(=O)CCCCc3ccccc3)cc2)CC1. The van der Waals surface area contributed by atoms with Crippen LogP contribution in [0, 0.1) is 0 Å². The van der Waals surface area contributed by atoms with Crippen molar-refractivity contribution in [3.05, 3.63) is 60.2 Å². The zero-order chi connectivity index (χ0) is 18.9. The number of nitrogens with zero attached hydrogens (tertiary/aromatic N) is 1. The molecule has 2 aromatic carbocycles. The maximum atomic E-state index is 12.1. The Hall–Kier alpha value is -2.33. The summed E-state index contributed by atoms with van der Waals surface area (Å²) in [6.45, 7) is 2.04. The van der Waals surface area contributed by atoms with Gasteiger partial charge in [-0.05, 0) is 61.9 Å². The molecule has 0 atom stereocenters. The zero-order valence-corrected chi connectivity index (χ0v) is 16.2. The van der Waals surface area contributed by atoms with E-state index in [4.69, 9.17) is 4.74 Å². The Labute approximate surface area is 162 Å². The molecule has 1 aliphatic heterocycles. The average Bonchev–Trinajstić information content (AvgIpc) is 2.73. The van der Waals surface area contributed by atoms with Gasteiger partial charge in [0.1, 0.15) is 0 Å². The van der Waals surface area contributed by atoms with Crippen LogP contribution in [0.25, 0.3) is 0 Å². The quantitative estimate of drug-likeness (QED) is 0.691. The van der Waals surface area contributed by atoms with Crippen molar-refractivity contribution in [3.8, 4) is 0 Å². The summed E-state index contributed by atoms with van der Waals surface area (Å²) in [6, 6.07) is 18.6. The van der Waals surface area contributed by atoms with E-state index in [2.05, 4.69) is 46.6 Å². The largest absolute Gasteiger partial charge is 0.381 e. The molecule has 0 spiro atoms. The first-order valence-corrected chi connectivity index (χ1v) is 9.96. The molecule has 144 valence electrons. The number of unbranched alkanes of at least 4 members (excludes halogenated alkanes) is 1. The molecule has 4 heteroatoms. The molecule has 1 N–H and O–H groups in total. The second kappa shape index (κ2) is 10.1. The highest BCUT2D eigenvalue weighted by Crippen LogP contribution is 2.23. The number of benzene rings is 2. The van der Waals surface area contributed by atoms with Crippen molar-refractivity contribution < 1.29 is 9.53 Å². The minimum absolute atomic E-state index is 0.0942. The Morgan fingerprint density at radius 1 is 1.04 bits per heavy atom. The van der Waals surface area contributed by atoms with E-state index in [0.29, 0.717) is 12.5 Å². The number of rotatable bonds is 8. The Balaban J connectivity index is 1.38. The number of hydrogen-bond donors (Lipinski definition) is 1. The van der Waals surface area contributed by atoms with Gasteiger partial charge in [-0.15, -0.1) is 0 Å². The molecular formula is C23H30N2O2. The van der Waals surface area contributed by atoms with Crippen molar-refractivity contribution in [1.29, 1.82) is 0 Å². The van der Waals surface area contributed by atoms with E-state index in [1.165, 1.54) is 11.3 Å². The number of nitrogens with one attached hydrogen (secondary N) is 1. The first kappa shape index (κ1) is 19.4. The third-order valence-corrected chi connectivity index (χ3v) is 5.25. The number of carbonyl (C=O) groups excluding carboxylic acids is 1. The predicted molar refractivity (Wildman–Crippen MR) is 111 cm³/mol. The van der Waals surface area contributed by atoms with Crippen LogP contribution in [-0.2, 0) is 16.0 Å². The highest BCUT2D eigenvalue weighted by Gasteiger charge is 2.18. The van der Waals surface area contributed by atoms with Crippen LogP contribution in [0.15, 0.2) is 54.6 Å². The summed E-state index contributed by atoms with van der Waals surface area (Å²) in [5, 5.41) is 3.01. The van der Waals surface area contributed by atoms with Gasteiger partial charge in [-0.25, -0.2) is 0 Å². The van der Waals surface area contributed by atoms with Crippen LogP contribution in [0.2, 0.25) is 0 Å². The summed E-state index contributed by atoms with van der Waals surface area (Å²) in [5.41, 5.74) is 3.42. The van der Waals surface area contributed by atoms with Crippen molar-refractivity contribution in [2.24, 2.45) is 0 Å². The average molecular weight is 367 g/mol. The van der Waals surface area contributed by atoms with Gasteiger partial charge < -0.3 is 15.0 Å². The van der Waals surface area contributed by atoms with E-state index in [-0.39, 0.29) is 5.91 Å². The van der Waals surface area contributed by atoms with Gasteiger partial charge in [0, 0.05) is 38.0 Å². The molecule has 1 amide bonds. The minimum Gasteiger partial charge on any atom is -0.381 e. The number of aryl methyl sites for hydroxylation is 1. The van der Waals surface area contributed by atoms with Gasteiger partial charge in [-0.3, -0.25) is 4.79 Å². The maximum Gasteiger partial charge on any atom is 0.224 e. The van der Waals surface area contributed by atoms with Gasteiger partial charge >= 0.3 is 0 Å². The molecule has 3 rings (SSSR count). The fourth-order valence-electron chi connectivity index (χ4n) is 3.59.